The van der Waals surface area contributed by atoms with Crippen molar-refractivity contribution in [2.75, 3.05) is 6.54 Å². The van der Waals surface area contributed by atoms with Gasteiger partial charge in [0.1, 0.15) is 12.7 Å². The number of carbonyl (C=O) groups is 1. The summed E-state index contributed by atoms with van der Waals surface area (Å²) in [6, 6.07) is 5.40. The second-order valence-electron chi connectivity index (χ2n) is 6.69. The van der Waals surface area contributed by atoms with Crippen LogP contribution in [0, 0.1) is 18.3 Å². The van der Waals surface area contributed by atoms with Crippen molar-refractivity contribution in [3.8, 4) is 11.9 Å². The molecule has 0 spiro atoms. The minimum absolute atomic E-state index is 0.245. The van der Waals surface area contributed by atoms with Gasteiger partial charge in [-0.1, -0.05) is 6.07 Å². The van der Waals surface area contributed by atoms with Crippen molar-refractivity contribution in [2.45, 2.75) is 26.2 Å². The lowest BCUT2D eigenvalue weighted by molar-refractivity contribution is 0.0535. The first-order valence-electron chi connectivity index (χ1n) is 9.01. The van der Waals surface area contributed by atoms with Gasteiger partial charge in [0.2, 0.25) is 0 Å². The van der Waals surface area contributed by atoms with Crippen LogP contribution in [0.1, 0.15) is 44.4 Å². The predicted octanol–water partition coefficient (Wildman–Crippen LogP) is 1.34. The van der Waals surface area contributed by atoms with Crippen LogP contribution in [0.3, 0.4) is 0 Å². The third-order valence-electron chi connectivity index (χ3n) is 4.86. The second-order valence-corrected chi connectivity index (χ2v) is 6.69. The maximum atomic E-state index is 11.6. The summed E-state index contributed by atoms with van der Waals surface area (Å²) in [5.74, 6) is 0.201. The highest BCUT2D eigenvalue weighted by atomic mass is 16.5. The molecule has 0 fully saturated rings. The maximum absolute atomic E-state index is 11.6. The van der Waals surface area contributed by atoms with Crippen LogP contribution < -0.4 is 5.32 Å². The van der Waals surface area contributed by atoms with Crippen molar-refractivity contribution >= 4 is 5.97 Å². The van der Waals surface area contributed by atoms with Crippen LogP contribution in [0.25, 0.3) is 5.82 Å². The Kier molecular flexibility index (Phi) is 5.03. The average Bonchev–Trinajstić information content (AvgIpc) is 3.36. The van der Waals surface area contributed by atoms with Gasteiger partial charge in [-0.05, 0) is 24.1 Å². The van der Waals surface area contributed by atoms with E-state index in [0.29, 0.717) is 24.5 Å². The number of aromatic nitrogens is 4. The third-order valence-corrected chi connectivity index (χ3v) is 4.86. The molecule has 3 heterocycles. The zero-order chi connectivity index (χ0) is 20.4. The molecule has 0 unspecified atom stereocenters. The van der Waals surface area contributed by atoms with E-state index in [1.165, 1.54) is 12.4 Å². The number of benzene rings is 1. The van der Waals surface area contributed by atoms with Gasteiger partial charge in [0.15, 0.2) is 11.5 Å². The highest BCUT2D eigenvalue weighted by Crippen LogP contribution is 2.28. The number of aliphatic hydroxyl groups is 1. The highest BCUT2D eigenvalue weighted by Gasteiger charge is 2.25. The molecule has 1 aliphatic heterocycles. The fourth-order valence-corrected chi connectivity index (χ4v) is 3.27. The molecular weight excluding hydrogens is 372 g/mol. The van der Waals surface area contributed by atoms with E-state index < -0.39 is 6.10 Å². The van der Waals surface area contributed by atoms with E-state index in [0.717, 1.165) is 22.3 Å². The van der Waals surface area contributed by atoms with Gasteiger partial charge >= 0.3 is 5.97 Å². The standard InChI is InChI=1S/C20H18N6O3/c1-12-15(2-3-16-17(12)11-29-20(16)28)18(27)8-22-5-13-6-25-26(10-13)19-9-23-14(4-21)7-24-19/h2-3,6-7,9-10,18,22,27H,5,8,11H2,1H3/t18-/m0/s1. The molecule has 1 aliphatic rings. The summed E-state index contributed by atoms with van der Waals surface area (Å²) >= 11 is 0. The van der Waals surface area contributed by atoms with Crippen LogP contribution in [0.15, 0.2) is 36.9 Å². The molecule has 0 saturated carbocycles. The summed E-state index contributed by atoms with van der Waals surface area (Å²) in [6.07, 6.45) is 5.66. The smallest absolute Gasteiger partial charge is 0.338 e. The molecule has 4 rings (SSSR count). The van der Waals surface area contributed by atoms with Gasteiger partial charge in [-0.15, -0.1) is 0 Å². The van der Waals surface area contributed by atoms with Crippen LogP contribution in [-0.4, -0.2) is 37.4 Å². The maximum Gasteiger partial charge on any atom is 0.338 e. The molecule has 146 valence electrons. The normalized spacial score (nSPS) is 13.6. The molecule has 0 aliphatic carbocycles. The van der Waals surface area contributed by atoms with Crippen LogP contribution in [0.4, 0.5) is 0 Å². The third kappa shape index (κ3) is 3.71. The summed E-state index contributed by atoms with van der Waals surface area (Å²) in [5.41, 5.74) is 4.23. The Hall–Kier alpha value is -3.61. The highest BCUT2D eigenvalue weighted by molar-refractivity contribution is 5.93. The molecule has 1 aromatic carbocycles. The van der Waals surface area contributed by atoms with E-state index in [2.05, 4.69) is 20.4 Å². The van der Waals surface area contributed by atoms with E-state index in [9.17, 15) is 9.90 Å². The molecule has 2 N–H and O–H groups in total. The summed E-state index contributed by atoms with van der Waals surface area (Å²) in [5, 5.41) is 26.8. The number of nitriles is 1. The minimum Gasteiger partial charge on any atom is -0.457 e. The number of nitrogens with zero attached hydrogens (tertiary/aromatic N) is 5. The summed E-state index contributed by atoms with van der Waals surface area (Å²) in [7, 11) is 0. The fraction of sp³-hybridized carbons (Fsp3) is 0.250. The number of ether oxygens (including phenoxy) is 1. The van der Waals surface area contributed by atoms with Crippen molar-refractivity contribution < 1.29 is 14.6 Å². The van der Waals surface area contributed by atoms with Crippen molar-refractivity contribution in [2.24, 2.45) is 0 Å². The van der Waals surface area contributed by atoms with Crippen molar-refractivity contribution in [3.05, 3.63) is 70.4 Å². The number of aliphatic hydroxyl groups excluding tert-OH is 1. The fourth-order valence-electron chi connectivity index (χ4n) is 3.27. The molecule has 0 bridgehead atoms. The van der Waals surface area contributed by atoms with Gasteiger partial charge in [-0.2, -0.15) is 10.4 Å². The molecule has 2 aromatic heterocycles. The molecule has 0 radical (unpaired) electrons. The Morgan fingerprint density at radius 1 is 1.34 bits per heavy atom. The first-order chi connectivity index (χ1) is 14.1. The van der Waals surface area contributed by atoms with Gasteiger partial charge in [0.25, 0.3) is 0 Å². The van der Waals surface area contributed by atoms with Gasteiger partial charge in [-0.3, -0.25) is 0 Å². The number of fused-ring (bicyclic) bond motifs is 1. The van der Waals surface area contributed by atoms with Crippen LogP contribution in [0.2, 0.25) is 0 Å². The molecule has 1 atom stereocenters. The predicted molar refractivity (Wildman–Crippen MR) is 101 cm³/mol. The number of cyclic esters (lactones) is 1. The molecule has 0 saturated heterocycles. The van der Waals surface area contributed by atoms with E-state index >= 15 is 0 Å². The quantitative estimate of drug-likeness (QED) is 0.604. The number of hydrogen-bond acceptors (Lipinski definition) is 8. The summed E-state index contributed by atoms with van der Waals surface area (Å²) in [6.45, 7) is 3.00. The van der Waals surface area contributed by atoms with Gasteiger partial charge in [0.05, 0.1) is 30.3 Å². The SMILES string of the molecule is Cc1c([C@@H](O)CNCc2cnn(-c3cnc(C#N)cn3)c2)ccc2c1COC2=O. The molecular formula is C20H18N6O3. The van der Waals surface area contributed by atoms with Crippen molar-refractivity contribution in [3.63, 3.8) is 0 Å². The first kappa shape index (κ1) is 18.7. The lowest BCUT2D eigenvalue weighted by Gasteiger charge is -2.16. The minimum atomic E-state index is -0.713. The van der Waals surface area contributed by atoms with E-state index in [1.807, 2.05) is 13.0 Å². The van der Waals surface area contributed by atoms with E-state index in [-0.39, 0.29) is 18.3 Å². The number of hydrogen-bond donors (Lipinski definition) is 2. The Morgan fingerprint density at radius 3 is 2.97 bits per heavy atom. The summed E-state index contributed by atoms with van der Waals surface area (Å²) < 4.78 is 6.63. The number of rotatable bonds is 6. The van der Waals surface area contributed by atoms with Crippen molar-refractivity contribution in [1.29, 1.82) is 5.26 Å². The molecule has 3 aromatic rings. The zero-order valence-corrected chi connectivity index (χ0v) is 15.7. The lowest BCUT2D eigenvalue weighted by Crippen LogP contribution is -2.21. The Morgan fingerprint density at radius 2 is 2.21 bits per heavy atom. The Bertz CT molecular complexity index is 1100. The molecule has 0 amide bonds. The van der Waals surface area contributed by atoms with Crippen LogP contribution in [-0.2, 0) is 17.9 Å². The molecule has 9 nitrogen and oxygen atoms in total. The number of carbonyl (C=O) groups excluding carboxylic acids is 1. The molecule has 9 heteroatoms. The lowest BCUT2D eigenvalue weighted by atomic mass is 9.95. The topological polar surface area (TPSA) is 126 Å². The monoisotopic (exact) mass is 390 g/mol. The van der Waals surface area contributed by atoms with Crippen molar-refractivity contribution in [1.82, 2.24) is 25.1 Å². The van der Waals surface area contributed by atoms with Gasteiger partial charge < -0.3 is 15.2 Å². The Balaban J connectivity index is 1.37. The second kappa shape index (κ2) is 7.79. The van der Waals surface area contributed by atoms with Gasteiger partial charge in [0, 0.05) is 30.4 Å². The number of esters is 1. The molecule has 29 heavy (non-hydrogen) atoms. The number of nitrogens with one attached hydrogen (secondary N) is 1. The first-order valence-corrected chi connectivity index (χ1v) is 9.01. The van der Waals surface area contributed by atoms with E-state index in [4.69, 9.17) is 10.00 Å². The average molecular weight is 390 g/mol. The van der Waals surface area contributed by atoms with Gasteiger partial charge in [-0.25, -0.2) is 19.4 Å². The van der Waals surface area contributed by atoms with Crippen LogP contribution >= 0.6 is 0 Å². The van der Waals surface area contributed by atoms with Crippen LogP contribution in [0.5, 0.6) is 0 Å². The summed E-state index contributed by atoms with van der Waals surface area (Å²) in [4.78, 5) is 19.8. The largest absolute Gasteiger partial charge is 0.457 e. The Labute approximate surface area is 166 Å². The zero-order valence-electron chi connectivity index (χ0n) is 15.7. The van der Waals surface area contributed by atoms with E-state index in [1.54, 1.807) is 29.2 Å².